The van der Waals surface area contributed by atoms with Crippen LogP contribution in [0.4, 0.5) is 0 Å². The SMILES string of the molecule is CCOC(=O)Cn1c(=O)c(-c2ccc(Cl)cc2Cl)c2nc(C)cc(Cl)n21. The minimum atomic E-state index is -0.556. The fraction of sp³-hybridized carbons (Fsp3) is 0.235. The van der Waals surface area contributed by atoms with E-state index in [1.807, 2.05) is 0 Å². The smallest absolute Gasteiger partial charge is 0.327 e. The molecule has 6 nitrogen and oxygen atoms in total. The van der Waals surface area contributed by atoms with Crippen LogP contribution in [0, 0.1) is 6.92 Å². The molecule has 0 saturated carbocycles. The molecule has 0 aliphatic rings. The number of hydrogen-bond donors (Lipinski definition) is 0. The van der Waals surface area contributed by atoms with Gasteiger partial charge in [0.15, 0.2) is 5.65 Å². The molecule has 0 aliphatic heterocycles. The van der Waals surface area contributed by atoms with E-state index in [2.05, 4.69) is 4.98 Å². The average Bonchev–Trinajstić information content (AvgIpc) is 2.80. The summed E-state index contributed by atoms with van der Waals surface area (Å²) in [5.41, 5.74) is 1.15. The largest absolute Gasteiger partial charge is 0.465 e. The minimum absolute atomic E-state index is 0.206. The second-order valence-electron chi connectivity index (χ2n) is 5.52. The van der Waals surface area contributed by atoms with Gasteiger partial charge in [-0.05, 0) is 32.0 Å². The van der Waals surface area contributed by atoms with Gasteiger partial charge in [-0.25, -0.2) is 14.2 Å². The van der Waals surface area contributed by atoms with Crippen LogP contribution in [0.1, 0.15) is 12.6 Å². The molecule has 0 aliphatic carbocycles. The van der Waals surface area contributed by atoms with Crippen molar-refractivity contribution in [2.24, 2.45) is 0 Å². The summed E-state index contributed by atoms with van der Waals surface area (Å²) in [4.78, 5) is 29.4. The van der Waals surface area contributed by atoms with Gasteiger partial charge in [0, 0.05) is 16.3 Å². The summed E-state index contributed by atoms with van der Waals surface area (Å²) in [6.45, 7) is 3.35. The van der Waals surface area contributed by atoms with Crippen molar-refractivity contribution in [2.75, 3.05) is 6.61 Å². The Morgan fingerprint density at radius 3 is 2.62 bits per heavy atom. The van der Waals surface area contributed by atoms with Gasteiger partial charge in [-0.15, -0.1) is 0 Å². The highest BCUT2D eigenvalue weighted by molar-refractivity contribution is 6.36. The van der Waals surface area contributed by atoms with Crippen LogP contribution < -0.4 is 5.56 Å². The van der Waals surface area contributed by atoms with Gasteiger partial charge >= 0.3 is 5.97 Å². The van der Waals surface area contributed by atoms with E-state index in [9.17, 15) is 9.59 Å². The molecule has 136 valence electrons. The van der Waals surface area contributed by atoms with Crippen LogP contribution in [-0.4, -0.2) is 26.8 Å². The standard InChI is InChI=1S/C17H14Cl3N3O3/c1-3-26-14(24)8-22-17(25)15(11-5-4-10(18)7-12(11)19)16-21-9(2)6-13(20)23(16)22/h4-7H,3,8H2,1-2H3. The first-order valence-corrected chi connectivity index (χ1v) is 8.86. The number of ether oxygens (including phenoxy) is 1. The molecule has 26 heavy (non-hydrogen) atoms. The van der Waals surface area contributed by atoms with E-state index in [4.69, 9.17) is 39.5 Å². The molecule has 0 fully saturated rings. The fourth-order valence-corrected chi connectivity index (χ4v) is 3.52. The number of fused-ring (bicyclic) bond motifs is 1. The Bertz CT molecular complexity index is 1070. The van der Waals surface area contributed by atoms with Gasteiger partial charge in [0.2, 0.25) is 0 Å². The highest BCUT2D eigenvalue weighted by atomic mass is 35.5. The van der Waals surface area contributed by atoms with Crippen molar-refractivity contribution in [1.29, 1.82) is 0 Å². The normalized spacial score (nSPS) is 11.1. The van der Waals surface area contributed by atoms with Crippen molar-refractivity contribution in [3.63, 3.8) is 0 Å². The molecule has 0 N–H and O–H groups in total. The zero-order valence-electron chi connectivity index (χ0n) is 13.9. The number of carbonyl (C=O) groups is 1. The fourth-order valence-electron chi connectivity index (χ4n) is 2.69. The third-order valence-electron chi connectivity index (χ3n) is 3.71. The highest BCUT2D eigenvalue weighted by Crippen LogP contribution is 2.31. The van der Waals surface area contributed by atoms with Gasteiger partial charge in [-0.2, -0.15) is 0 Å². The first kappa shape index (κ1) is 18.8. The van der Waals surface area contributed by atoms with Crippen molar-refractivity contribution in [1.82, 2.24) is 14.2 Å². The molecule has 9 heteroatoms. The Morgan fingerprint density at radius 2 is 1.96 bits per heavy atom. The lowest BCUT2D eigenvalue weighted by molar-refractivity contribution is -0.144. The Kier molecular flexibility index (Phi) is 5.27. The van der Waals surface area contributed by atoms with E-state index in [1.54, 1.807) is 32.0 Å². The van der Waals surface area contributed by atoms with E-state index >= 15 is 0 Å². The van der Waals surface area contributed by atoms with E-state index < -0.39 is 11.5 Å². The second kappa shape index (κ2) is 7.31. The monoisotopic (exact) mass is 413 g/mol. The minimum Gasteiger partial charge on any atom is -0.465 e. The number of rotatable bonds is 4. The summed E-state index contributed by atoms with van der Waals surface area (Å²) in [7, 11) is 0. The van der Waals surface area contributed by atoms with E-state index in [-0.39, 0.29) is 23.9 Å². The molecule has 0 saturated heterocycles. The number of esters is 1. The molecule has 0 atom stereocenters. The quantitative estimate of drug-likeness (QED) is 0.478. The lowest BCUT2D eigenvalue weighted by Crippen LogP contribution is -2.26. The molecule has 1 aromatic carbocycles. The summed E-state index contributed by atoms with van der Waals surface area (Å²) in [6.07, 6.45) is 0. The van der Waals surface area contributed by atoms with E-state index in [0.717, 1.165) is 0 Å². The van der Waals surface area contributed by atoms with E-state index in [1.165, 1.54) is 15.3 Å². The maximum absolute atomic E-state index is 13.1. The zero-order valence-corrected chi connectivity index (χ0v) is 16.2. The van der Waals surface area contributed by atoms with Crippen LogP contribution in [0.25, 0.3) is 16.8 Å². The lowest BCUT2D eigenvalue weighted by Gasteiger charge is -2.08. The maximum atomic E-state index is 13.1. The summed E-state index contributed by atoms with van der Waals surface area (Å²) in [5, 5.41) is 0.978. The van der Waals surface area contributed by atoms with Crippen LogP contribution >= 0.6 is 34.8 Å². The molecule has 0 spiro atoms. The van der Waals surface area contributed by atoms with Gasteiger partial charge < -0.3 is 4.74 Å². The number of halogens is 3. The second-order valence-corrected chi connectivity index (χ2v) is 6.75. The van der Waals surface area contributed by atoms with Gasteiger partial charge in [0.05, 0.1) is 17.2 Å². The van der Waals surface area contributed by atoms with Gasteiger partial charge in [0.1, 0.15) is 11.7 Å². The molecule has 0 radical (unpaired) electrons. The number of hydrogen-bond acceptors (Lipinski definition) is 4. The van der Waals surface area contributed by atoms with Crippen molar-refractivity contribution >= 4 is 46.4 Å². The number of aromatic nitrogens is 3. The molecule has 0 bridgehead atoms. The first-order valence-electron chi connectivity index (χ1n) is 7.73. The molecular weight excluding hydrogens is 401 g/mol. The van der Waals surface area contributed by atoms with Crippen LogP contribution in [0.3, 0.4) is 0 Å². The van der Waals surface area contributed by atoms with E-state index in [0.29, 0.717) is 26.9 Å². The Labute approximate surface area is 163 Å². The summed E-state index contributed by atoms with van der Waals surface area (Å²) >= 11 is 18.6. The lowest BCUT2D eigenvalue weighted by atomic mass is 10.1. The van der Waals surface area contributed by atoms with Crippen LogP contribution in [-0.2, 0) is 16.1 Å². The maximum Gasteiger partial charge on any atom is 0.327 e. The van der Waals surface area contributed by atoms with Gasteiger partial charge in [-0.1, -0.05) is 40.9 Å². The number of carbonyl (C=O) groups excluding carboxylic acids is 1. The van der Waals surface area contributed by atoms with Crippen LogP contribution in [0.2, 0.25) is 15.2 Å². The molecule has 0 unspecified atom stereocenters. The summed E-state index contributed by atoms with van der Waals surface area (Å²) in [6, 6.07) is 6.39. The van der Waals surface area contributed by atoms with Crippen molar-refractivity contribution in [3.05, 3.63) is 55.5 Å². The van der Waals surface area contributed by atoms with Crippen LogP contribution in [0.5, 0.6) is 0 Å². The van der Waals surface area contributed by atoms with Crippen LogP contribution in [0.15, 0.2) is 29.1 Å². The average molecular weight is 415 g/mol. The third-order valence-corrected chi connectivity index (χ3v) is 4.53. The molecule has 3 aromatic rings. The molecule has 0 amide bonds. The molecule has 3 rings (SSSR count). The number of benzene rings is 1. The first-order chi connectivity index (χ1) is 12.3. The summed E-state index contributed by atoms with van der Waals surface area (Å²) in [5.74, 6) is -0.556. The highest BCUT2D eigenvalue weighted by Gasteiger charge is 2.23. The van der Waals surface area contributed by atoms with Gasteiger partial charge in [-0.3, -0.25) is 9.59 Å². The number of nitrogens with zero attached hydrogens (tertiary/aromatic N) is 3. The third kappa shape index (κ3) is 3.32. The van der Waals surface area contributed by atoms with Gasteiger partial charge in [0.25, 0.3) is 5.56 Å². The Morgan fingerprint density at radius 1 is 1.23 bits per heavy atom. The predicted molar refractivity (Wildman–Crippen MR) is 101 cm³/mol. The summed E-state index contributed by atoms with van der Waals surface area (Å²) < 4.78 is 7.51. The predicted octanol–water partition coefficient (Wildman–Crippen LogP) is 3.99. The molecular formula is C17H14Cl3N3O3. The topological polar surface area (TPSA) is 65.6 Å². The Hall–Kier alpha value is -2.02. The van der Waals surface area contributed by atoms with Crippen molar-refractivity contribution in [2.45, 2.75) is 20.4 Å². The Balaban J connectivity index is 2.34. The molecule has 2 aromatic heterocycles. The van der Waals surface area contributed by atoms with Crippen molar-refractivity contribution < 1.29 is 9.53 Å². The van der Waals surface area contributed by atoms with Crippen molar-refractivity contribution in [3.8, 4) is 11.1 Å². The number of aryl methyl sites for hydroxylation is 1. The molecule has 2 heterocycles. The zero-order chi connectivity index (χ0) is 19.0.